The van der Waals surface area contributed by atoms with E-state index in [-0.39, 0.29) is 23.8 Å². The summed E-state index contributed by atoms with van der Waals surface area (Å²) in [4.78, 5) is 33.4. The van der Waals surface area contributed by atoms with Crippen LogP contribution in [0.3, 0.4) is 0 Å². The van der Waals surface area contributed by atoms with Crippen LogP contribution in [0.4, 0.5) is 0 Å². The number of aliphatic imine (C=N–C) groups is 1. The number of amides is 2. The molecule has 0 unspecified atom stereocenters. The zero-order chi connectivity index (χ0) is 23.0. The topological polar surface area (TPSA) is 77.0 Å². The zero-order valence-electron chi connectivity index (χ0n) is 19.9. The molecular weight excluding hydrogens is 402 g/mol. The fraction of sp³-hybridized carbons (Fsp3) is 0.640. The average Bonchev–Trinajstić information content (AvgIpc) is 3.29. The molecule has 176 valence electrons. The number of benzene rings is 1. The fourth-order valence-electron chi connectivity index (χ4n) is 5.07. The maximum atomic E-state index is 12.7. The van der Waals surface area contributed by atoms with E-state index in [0.29, 0.717) is 18.4 Å². The molecule has 1 aliphatic heterocycles. The third-order valence-corrected chi connectivity index (χ3v) is 6.98. The number of hydrogen-bond donors (Lipinski definition) is 2. The van der Waals surface area contributed by atoms with E-state index in [0.717, 1.165) is 58.0 Å². The van der Waals surface area contributed by atoms with E-state index in [1.165, 1.54) is 5.56 Å². The van der Waals surface area contributed by atoms with Crippen molar-refractivity contribution in [3.8, 4) is 0 Å². The summed E-state index contributed by atoms with van der Waals surface area (Å²) in [5.41, 5.74) is 1.01. The van der Waals surface area contributed by atoms with Gasteiger partial charge in [-0.3, -0.25) is 14.6 Å². The summed E-state index contributed by atoms with van der Waals surface area (Å²) in [6.07, 6.45) is 7.12. The molecule has 2 aliphatic rings. The Morgan fingerprint density at radius 1 is 1.09 bits per heavy atom. The van der Waals surface area contributed by atoms with Gasteiger partial charge in [-0.1, -0.05) is 43.2 Å². The van der Waals surface area contributed by atoms with E-state index in [1.807, 2.05) is 25.1 Å². The van der Waals surface area contributed by atoms with Crippen molar-refractivity contribution in [1.29, 1.82) is 0 Å². The van der Waals surface area contributed by atoms with E-state index in [2.05, 4.69) is 39.9 Å². The first-order valence-electron chi connectivity index (χ1n) is 11.9. The van der Waals surface area contributed by atoms with E-state index in [4.69, 9.17) is 0 Å². The van der Waals surface area contributed by atoms with Crippen LogP contribution in [-0.4, -0.2) is 74.9 Å². The predicted octanol–water partition coefficient (Wildman–Crippen LogP) is 2.28. The van der Waals surface area contributed by atoms with Crippen molar-refractivity contribution >= 4 is 17.8 Å². The van der Waals surface area contributed by atoms with Crippen LogP contribution in [0.15, 0.2) is 35.3 Å². The van der Waals surface area contributed by atoms with Crippen molar-refractivity contribution in [2.24, 2.45) is 16.3 Å². The van der Waals surface area contributed by atoms with Gasteiger partial charge in [-0.25, -0.2) is 0 Å². The van der Waals surface area contributed by atoms with Crippen molar-refractivity contribution in [3.05, 3.63) is 35.9 Å². The predicted molar refractivity (Wildman–Crippen MR) is 128 cm³/mol. The molecule has 0 radical (unpaired) electrons. The second-order valence-corrected chi connectivity index (χ2v) is 9.48. The Kier molecular flexibility index (Phi) is 8.53. The lowest BCUT2D eigenvalue weighted by Crippen LogP contribution is -2.51. The number of nitrogens with zero attached hydrogens (tertiary/aromatic N) is 3. The van der Waals surface area contributed by atoms with E-state index in [9.17, 15) is 9.59 Å². The summed E-state index contributed by atoms with van der Waals surface area (Å²) in [7, 11) is 5.33. The molecule has 1 heterocycles. The van der Waals surface area contributed by atoms with Gasteiger partial charge in [-0.15, -0.1) is 0 Å². The quantitative estimate of drug-likeness (QED) is 0.503. The van der Waals surface area contributed by atoms with Gasteiger partial charge in [-0.05, 0) is 43.6 Å². The maximum absolute atomic E-state index is 12.7. The SMILES string of the molecule is CN=C(NCC(=O)N1CCC(Cc2ccccc2)CC1)NCC1(C(=O)N(C)C)CCCC1. The van der Waals surface area contributed by atoms with E-state index < -0.39 is 0 Å². The van der Waals surface area contributed by atoms with Crippen molar-refractivity contribution in [3.63, 3.8) is 0 Å². The Morgan fingerprint density at radius 3 is 2.34 bits per heavy atom. The summed E-state index contributed by atoms with van der Waals surface area (Å²) < 4.78 is 0. The van der Waals surface area contributed by atoms with Gasteiger partial charge in [0.15, 0.2) is 5.96 Å². The van der Waals surface area contributed by atoms with Crippen LogP contribution >= 0.6 is 0 Å². The van der Waals surface area contributed by atoms with Crippen LogP contribution < -0.4 is 10.6 Å². The molecule has 2 amide bonds. The Morgan fingerprint density at radius 2 is 1.75 bits per heavy atom. The highest BCUT2D eigenvalue weighted by Gasteiger charge is 2.42. The highest BCUT2D eigenvalue weighted by Crippen LogP contribution is 2.38. The zero-order valence-corrected chi connectivity index (χ0v) is 19.9. The molecule has 0 atom stereocenters. The number of carbonyl (C=O) groups excluding carboxylic acids is 2. The van der Waals surface area contributed by atoms with Crippen molar-refractivity contribution in [2.45, 2.75) is 44.9 Å². The van der Waals surface area contributed by atoms with E-state index >= 15 is 0 Å². The van der Waals surface area contributed by atoms with Crippen molar-refractivity contribution < 1.29 is 9.59 Å². The lowest BCUT2D eigenvalue weighted by atomic mass is 9.84. The van der Waals surface area contributed by atoms with Gasteiger partial charge in [0.1, 0.15) is 0 Å². The Bertz CT molecular complexity index is 779. The molecule has 0 bridgehead atoms. The number of rotatable bonds is 7. The molecule has 1 saturated heterocycles. The number of piperidine rings is 1. The molecule has 1 aromatic carbocycles. The molecule has 0 aromatic heterocycles. The number of likely N-dealkylation sites (tertiary alicyclic amines) is 1. The van der Waals surface area contributed by atoms with Crippen molar-refractivity contribution in [2.75, 3.05) is 47.3 Å². The van der Waals surface area contributed by atoms with Crippen LogP contribution in [0.25, 0.3) is 0 Å². The molecule has 1 aliphatic carbocycles. The lowest BCUT2D eigenvalue weighted by molar-refractivity contribution is -0.139. The van der Waals surface area contributed by atoms with E-state index in [1.54, 1.807) is 11.9 Å². The first-order valence-corrected chi connectivity index (χ1v) is 11.9. The monoisotopic (exact) mass is 441 g/mol. The summed E-state index contributed by atoms with van der Waals surface area (Å²) in [5.74, 6) is 1.49. The smallest absolute Gasteiger partial charge is 0.241 e. The maximum Gasteiger partial charge on any atom is 0.241 e. The Balaban J connectivity index is 1.42. The minimum absolute atomic E-state index is 0.103. The minimum Gasteiger partial charge on any atom is -0.355 e. The molecule has 0 spiro atoms. The molecule has 2 fully saturated rings. The molecule has 32 heavy (non-hydrogen) atoms. The molecule has 3 rings (SSSR count). The van der Waals surface area contributed by atoms with Gasteiger partial charge >= 0.3 is 0 Å². The number of hydrogen-bond acceptors (Lipinski definition) is 3. The molecule has 2 N–H and O–H groups in total. The summed E-state index contributed by atoms with van der Waals surface area (Å²) >= 11 is 0. The molecular formula is C25H39N5O2. The van der Waals surface area contributed by atoms with Crippen LogP contribution in [-0.2, 0) is 16.0 Å². The largest absolute Gasteiger partial charge is 0.355 e. The molecule has 7 heteroatoms. The second kappa shape index (κ2) is 11.3. The average molecular weight is 442 g/mol. The van der Waals surface area contributed by atoms with Gasteiger partial charge in [0.2, 0.25) is 11.8 Å². The Labute approximate surface area is 192 Å². The van der Waals surface area contributed by atoms with Gasteiger partial charge in [0.05, 0.1) is 12.0 Å². The molecule has 1 aromatic rings. The highest BCUT2D eigenvalue weighted by molar-refractivity contribution is 5.88. The van der Waals surface area contributed by atoms with Crippen LogP contribution in [0.5, 0.6) is 0 Å². The number of guanidine groups is 1. The fourth-order valence-corrected chi connectivity index (χ4v) is 5.07. The molecule has 7 nitrogen and oxygen atoms in total. The van der Waals surface area contributed by atoms with Gasteiger partial charge in [-0.2, -0.15) is 0 Å². The summed E-state index contributed by atoms with van der Waals surface area (Å²) in [6.45, 7) is 2.38. The third kappa shape index (κ3) is 6.24. The van der Waals surface area contributed by atoms with Crippen LogP contribution in [0.2, 0.25) is 0 Å². The second-order valence-electron chi connectivity index (χ2n) is 9.48. The molecule has 1 saturated carbocycles. The van der Waals surface area contributed by atoms with Gasteiger partial charge in [0, 0.05) is 40.8 Å². The normalized spacial score (nSPS) is 19.0. The number of nitrogens with one attached hydrogen (secondary N) is 2. The third-order valence-electron chi connectivity index (χ3n) is 6.98. The first-order chi connectivity index (χ1) is 15.4. The summed E-state index contributed by atoms with van der Waals surface area (Å²) in [5, 5.41) is 6.45. The van der Waals surface area contributed by atoms with Gasteiger partial charge < -0.3 is 20.4 Å². The lowest BCUT2D eigenvalue weighted by Gasteiger charge is -2.33. The first kappa shape index (κ1) is 24.1. The summed E-state index contributed by atoms with van der Waals surface area (Å²) in [6, 6.07) is 10.6. The van der Waals surface area contributed by atoms with Crippen LogP contribution in [0.1, 0.15) is 44.1 Å². The van der Waals surface area contributed by atoms with Gasteiger partial charge in [0.25, 0.3) is 0 Å². The minimum atomic E-state index is -0.369. The van der Waals surface area contributed by atoms with Crippen LogP contribution in [0, 0.1) is 11.3 Å². The highest BCUT2D eigenvalue weighted by atomic mass is 16.2. The number of carbonyl (C=O) groups is 2. The Hall–Kier alpha value is -2.57. The van der Waals surface area contributed by atoms with Crippen molar-refractivity contribution in [1.82, 2.24) is 20.4 Å². The standard InChI is InChI=1S/C25H39N5O2/c1-26-24(28-19-25(13-7-8-14-25)23(32)29(2)3)27-18-22(31)30-15-11-21(12-16-30)17-20-9-5-4-6-10-20/h4-6,9-10,21H,7-8,11-19H2,1-3H3,(H2,26,27,28).